The summed E-state index contributed by atoms with van der Waals surface area (Å²) in [6, 6.07) is 11.5. The number of halogens is 2. The predicted octanol–water partition coefficient (Wildman–Crippen LogP) is 5.29. The molecule has 0 unspecified atom stereocenters. The van der Waals surface area contributed by atoms with E-state index < -0.39 is 0 Å². The van der Waals surface area contributed by atoms with Gasteiger partial charge < -0.3 is 10.1 Å². The Bertz CT molecular complexity index is 896. The van der Waals surface area contributed by atoms with Gasteiger partial charge in [-0.1, -0.05) is 31.0 Å². The summed E-state index contributed by atoms with van der Waals surface area (Å²) in [5.74, 6) is -0.776. The second-order valence-electron chi connectivity index (χ2n) is 7.84. The number of hydrogen-bond donors (Lipinski definition) is 1. The highest BCUT2D eigenvalue weighted by molar-refractivity contribution is 6.30. The molecule has 0 bridgehead atoms. The van der Waals surface area contributed by atoms with Gasteiger partial charge in [0, 0.05) is 28.7 Å². The third kappa shape index (κ3) is 6.77. The fourth-order valence-corrected chi connectivity index (χ4v) is 3.73. The Kier molecular flexibility index (Phi) is 8.43. The molecular formula is C24H28ClFN2O3. The fourth-order valence-electron chi connectivity index (χ4n) is 3.57. The molecule has 1 fully saturated rings. The van der Waals surface area contributed by atoms with E-state index in [2.05, 4.69) is 10.2 Å². The highest BCUT2D eigenvalue weighted by atomic mass is 35.5. The lowest BCUT2D eigenvalue weighted by Crippen LogP contribution is -2.37. The summed E-state index contributed by atoms with van der Waals surface area (Å²) in [5, 5.41) is 3.31. The van der Waals surface area contributed by atoms with E-state index in [0.29, 0.717) is 47.8 Å². The normalized spacial score (nSPS) is 14.9. The molecule has 0 saturated carbocycles. The maximum Gasteiger partial charge on any atom is 0.338 e. The third-order valence-electron chi connectivity index (χ3n) is 5.49. The van der Waals surface area contributed by atoms with Crippen LogP contribution in [-0.2, 0) is 16.1 Å². The smallest absolute Gasteiger partial charge is 0.338 e. The number of carbonyl (C=O) groups excluding carboxylic acids is 2. The quantitative estimate of drug-likeness (QED) is 0.442. The van der Waals surface area contributed by atoms with Crippen molar-refractivity contribution in [2.45, 2.75) is 39.2 Å². The number of ether oxygens (including phenoxy) is 1. The van der Waals surface area contributed by atoms with Gasteiger partial charge in [-0.25, -0.2) is 9.18 Å². The van der Waals surface area contributed by atoms with E-state index in [1.54, 1.807) is 36.4 Å². The number of nitrogens with zero attached hydrogens (tertiary/aromatic N) is 1. The number of unbranched alkanes of at least 4 members (excludes halogenated alkanes) is 1. The molecule has 0 radical (unpaired) electrons. The molecule has 1 heterocycles. The first-order valence-electron chi connectivity index (χ1n) is 10.7. The molecule has 166 valence electrons. The zero-order valence-electron chi connectivity index (χ0n) is 17.7. The summed E-state index contributed by atoms with van der Waals surface area (Å²) in [4.78, 5) is 26.7. The van der Waals surface area contributed by atoms with Crippen LogP contribution in [0.2, 0.25) is 5.02 Å². The lowest BCUT2D eigenvalue weighted by molar-refractivity contribution is -0.121. The molecule has 3 rings (SSSR count). The van der Waals surface area contributed by atoms with Gasteiger partial charge in [-0.05, 0) is 68.8 Å². The van der Waals surface area contributed by atoms with E-state index in [1.807, 2.05) is 6.92 Å². The molecule has 1 saturated heterocycles. The molecule has 2 aromatic carbocycles. The van der Waals surface area contributed by atoms with E-state index in [-0.39, 0.29) is 23.6 Å². The molecule has 0 atom stereocenters. The van der Waals surface area contributed by atoms with E-state index >= 15 is 0 Å². The number of rotatable bonds is 8. The van der Waals surface area contributed by atoms with Gasteiger partial charge in [0.05, 0.1) is 12.2 Å². The topological polar surface area (TPSA) is 58.6 Å². The van der Waals surface area contributed by atoms with Crippen molar-refractivity contribution < 1.29 is 18.7 Å². The van der Waals surface area contributed by atoms with Gasteiger partial charge in [0.1, 0.15) is 5.82 Å². The van der Waals surface area contributed by atoms with Gasteiger partial charge in [0.25, 0.3) is 0 Å². The van der Waals surface area contributed by atoms with Crippen LogP contribution in [-0.4, -0.2) is 36.5 Å². The van der Waals surface area contributed by atoms with Crippen LogP contribution < -0.4 is 5.32 Å². The largest absolute Gasteiger partial charge is 0.462 e. The van der Waals surface area contributed by atoms with Gasteiger partial charge in [-0.3, -0.25) is 9.69 Å². The van der Waals surface area contributed by atoms with Gasteiger partial charge in [-0.2, -0.15) is 0 Å². The number of anilines is 1. The molecular weight excluding hydrogens is 419 g/mol. The monoisotopic (exact) mass is 446 g/mol. The second kappa shape index (κ2) is 11.3. The Balaban J connectivity index is 1.46. The number of hydrogen-bond acceptors (Lipinski definition) is 4. The summed E-state index contributed by atoms with van der Waals surface area (Å²) < 4.78 is 19.2. The van der Waals surface area contributed by atoms with Crippen molar-refractivity contribution >= 4 is 29.2 Å². The lowest BCUT2D eigenvalue weighted by Gasteiger charge is -2.31. The molecule has 7 heteroatoms. The summed E-state index contributed by atoms with van der Waals surface area (Å²) >= 11 is 5.81. The first-order valence-corrected chi connectivity index (χ1v) is 11.1. The van der Waals surface area contributed by atoms with Crippen LogP contribution in [0.1, 0.15) is 48.5 Å². The molecule has 1 amide bonds. The van der Waals surface area contributed by atoms with E-state index in [1.165, 1.54) is 6.07 Å². The molecule has 1 N–H and O–H groups in total. The number of carbonyl (C=O) groups is 2. The molecule has 0 aliphatic carbocycles. The molecule has 0 spiro atoms. The van der Waals surface area contributed by atoms with Gasteiger partial charge in [-0.15, -0.1) is 0 Å². The Morgan fingerprint density at radius 1 is 1.16 bits per heavy atom. The Morgan fingerprint density at radius 2 is 1.87 bits per heavy atom. The zero-order chi connectivity index (χ0) is 22.2. The maximum absolute atomic E-state index is 14.0. The van der Waals surface area contributed by atoms with Crippen molar-refractivity contribution in [2.24, 2.45) is 5.92 Å². The standard InChI is InChI=1S/C24H28ClFN2O3/c1-2-3-14-31-24(30)18-5-8-21(9-6-18)27-23(29)17-10-12-28(13-11-17)16-19-4-7-20(25)15-22(19)26/h4-9,15,17H,2-3,10-14,16H2,1H3,(H,27,29). The predicted molar refractivity (Wildman–Crippen MR) is 120 cm³/mol. The highest BCUT2D eigenvalue weighted by Crippen LogP contribution is 2.23. The van der Waals surface area contributed by atoms with E-state index in [0.717, 1.165) is 25.9 Å². The minimum atomic E-state index is -0.351. The Morgan fingerprint density at radius 3 is 2.52 bits per heavy atom. The van der Waals surface area contributed by atoms with Gasteiger partial charge >= 0.3 is 5.97 Å². The van der Waals surface area contributed by atoms with Crippen LogP contribution >= 0.6 is 11.6 Å². The average Bonchev–Trinajstić information content (AvgIpc) is 2.77. The Hall–Kier alpha value is -2.44. The number of benzene rings is 2. The summed E-state index contributed by atoms with van der Waals surface area (Å²) in [6.07, 6.45) is 3.23. The fraction of sp³-hybridized carbons (Fsp3) is 0.417. The van der Waals surface area contributed by atoms with Crippen LogP contribution in [0.25, 0.3) is 0 Å². The van der Waals surface area contributed by atoms with Gasteiger partial charge in [0.2, 0.25) is 5.91 Å². The number of likely N-dealkylation sites (tertiary alicyclic amines) is 1. The van der Waals surface area contributed by atoms with Crippen molar-refractivity contribution in [1.82, 2.24) is 4.90 Å². The summed E-state index contributed by atoms with van der Waals surface area (Å²) in [7, 11) is 0. The van der Waals surface area contributed by atoms with E-state index in [4.69, 9.17) is 16.3 Å². The molecule has 31 heavy (non-hydrogen) atoms. The first-order chi connectivity index (χ1) is 15.0. The van der Waals surface area contributed by atoms with Crippen LogP contribution in [0.5, 0.6) is 0 Å². The minimum Gasteiger partial charge on any atom is -0.462 e. The van der Waals surface area contributed by atoms with Crippen LogP contribution in [0.3, 0.4) is 0 Å². The summed E-state index contributed by atoms with van der Waals surface area (Å²) in [6.45, 7) is 4.41. The SMILES string of the molecule is CCCCOC(=O)c1ccc(NC(=O)C2CCN(Cc3ccc(Cl)cc3F)CC2)cc1. The van der Waals surface area contributed by atoms with Crippen LogP contribution in [0, 0.1) is 11.7 Å². The summed E-state index contributed by atoms with van der Waals surface area (Å²) in [5.41, 5.74) is 1.73. The lowest BCUT2D eigenvalue weighted by atomic mass is 9.95. The average molecular weight is 447 g/mol. The second-order valence-corrected chi connectivity index (χ2v) is 8.28. The first kappa shape index (κ1) is 23.2. The van der Waals surface area contributed by atoms with Crippen LogP contribution in [0.4, 0.5) is 10.1 Å². The molecule has 2 aromatic rings. The van der Waals surface area contributed by atoms with Crippen molar-refractivity contribution in [2.75, 3.05) is 25.0 Å². The maximum atomic E-state index is 14.0. The Labute approximate surface area is 187 Å². The highest BCUT2D eigenvalue weighted by Gasteiger charge is 2.25. The number of esters is 1. The van der Waals surface area contributed by atoms with Crippen molar-refractivity contribution in [3.63, 3.8) is 0 Å². The number of amides is 1. The molecule has 0 aromatic heterocycles. The van der Waals surface area contributed by atoms with Crippen molar-refractivity contribution in [3.05, 3.63) is 64.4 Å². The third-order valence-corrected chi connectivity index (χ3v) is 5.72. The minimum absolute atomic E-state index is 0.0319. The number of piperidine rings is 1. The molecule has 5 nitrogen and oxygen atoms in total. The molecule has 1 aliphatic rings. The van der Waals surface area contributed by atoms with Gasteiger partial charge in [0.15, 0.2) is 0 Å². The molecule has 1 aliphatic heterocycles. The van der Waals surface area contributed by atoms with Crippen LogP contribution in [0.15, 0.2) is 42.5 Å². The zero-order valence-corrected chi connectivity index (χ0v) is 18.5. The van der Waals surface area contributed by atoms with Crippen molar-refractivity contribution in [3.8, 4) is 0 Å². The van der Waals surface area contributed by atoms with E-state index in [9.17, 15) is 14.0 Å². The number of nitrogens with one attached hydrogen (secondary N) is 1. The van der Waals surface area contributed by atoms with Crippen molar-refractivity contribution in [1.29, 1.82) is 0 Å².